The van der Waals surface area contributed by atoms with E-state index in [1.54, 1.807) is 39.0 Å². The van der Waals surface area contributed by atoms with Crippen LogP contribution in [0.4, 0.5) is 0 Å². The zero-order valence-corrected chi connectivity index (χ0v) is 11.2. The molecule has 19 heavy (non-hydrogen) atoms. The topological polar surface area (TPSA) is 89.1 Å². The first-order chi connectivity index (χ1) is 8.85. The maximum atomic E-state index is 10.4. The molecule has 1 aromatic carbocycles. The van der Waals surface area contributed by atoms with E-state index in [9.17, 15) is 5.11 Å². The quantitative estimate of drug-likeness (QED) is 0.529. The number of fused-ring (bicyclic) bond motifs is 1. The van der Waals surface area contributed by atoms with Gasteiger partial charge in [-0.2, -0.15) is 5.26 Å². The summed E-state index contributed by atoms with van der Waals surface area (Å²) < 4.78 is 5.77. The molecule has 3 N–H and O–H groups in total. The summed E-state index contributed by atoms with van der Waals surface area (Å²) in [4.78, 5) is 0. The third kappa shape index (κ3) is 2.40. The lowest BCUT2D eigenvalue weighted by molar-refractivity contribution is -0.0611. The summed E-state index contributed by atoms with van der Waals surface area (Å²) in [5.41, 5.74) is 0.454. The molecule has 1 heterocycles. The van der Waals surface area contributed by atoms with E-state index in [2.05, 4.69) is 11.4 Å². The monoisotopic (exact) mass is 259 g/mol. The van der Waals surface area contributed by atoms with Crippen LogP contribution in [0.15, 0.2) is 18.2 Å². The van der Waals surface area contributed by atoms with E-state index in [0.717, 1.165) is 0 Å². The first-order valence-electron chi connectivity index (χ1n) is 6.08. The summed E-state index contributed by atoms with van der Waals surface area (Å²) in [5, 5.41) is 29.8. The van der Waals surface area contributed by atoms with Crippen LogP contribution in [0.1, 0.15) is 37.9 Å². The lowest BCUT2D eigenvalue weighted by Crippen LogP contribution is -2.53. The summed E-state index contributed by atoms with van der Waals surface area (Å²) in [6, 6.07) is 6.72. The van der Waals surface area contributed by atoms with E-state index in [-0.39, 0.29) is 5.84 Å². The molecular weight excluding hydrogens is 242 g/mol. The molecule has 5 nitrogen and oxygen atoms in total. The van der Waals surface area contributed by atoms with Gasteiger partial charge in [0, 0.05) is 5.56 Å². The van der Waals surface area contributed by atoms with Crippen molar-refractivity contribution in [2.45, 2.75) is 38.5 Å². The number of hydrogen-bond donors (Lipinski definition) is 3. The number of amidine groups is 1. The van der Waals surface area contributed by atoms with Crippen LogP contribution in [-0.4, -0.2) is 22.6 Å². The highest BCUT2D eigenvalue weighted by Crippen LogP contribution is 2.40. The van der Waals surface area contributed by atoms with Gasteiger partial charge in [0.25, 0.3) is 0 Å². The van der Waals surface area contributed by atoms with Gasteiger partial charge in [-0.05, 0) is 39.0 Å². The first-order valence-corrected chi connectivity index (χ1v) is 6.08. The van der Waals surface area contributed by atoms with Gasteiger partial charge in [-0.25, -0.2) is 0 Å². The van der Waals surface area contributed by atoms with Crippen LogP contribution in [0.25, 0.3) is 0 Å². The van der Waals surface area contributed by atoms with Crippen molar-refractivity contribution in [1.82, 2.24) is 5.32 Å². The molecule has 0 aromatic heterocycles. The Morgan fingerprint density at radius 1 is 1.53 bits per heavy atom. The Morgan fingerprint density at radius 3 is 2.79 bits per heavy atom. The van der Waals surface area contributed by atoms with Gasteiger partial charge in [0.1, 0.15) is 17.5 Å². The molecule has 0 fully saturated rings. The molecule has 0 bridgehead atoms. The van der Waals surface area contributed by atoms with Gasteiger partial charge < -0.3 is 15.2 Å². The molecule has 2 unspecified atom stereocenters. The summed E-state index contributed by atoms with van der Waals surface area (Å²) in [7, 11) is 0. The minimum atomic E-state index is -0.811. The Morgan fingerprint density at radius 2 is 2.21 bits per heavy atom. The fourth-order valence-electron chi connectivity index (χ4n) is 2.26. The standard InChI is InChI=1S/C14H17N3O2/c1-8(16)17-12-10-6-9(7-15)4-5-11(10)19-14(2,3)13(12)18/h4-6,12-13,18H,1-3H3,(H2,16,17). The van der Waals surface area contributed by atoms with Crippen molar-refractivity contribution in [2.24, 2.45) is 0 Å². The SMILES string of the molecule is CC(=N)NC1c2cc(C#N)ccc2OC(C)(C)C1O. The van der Waals surface area contributed by atoms with E-state index >= 15 is 0 Å². The summed E-state index contributed by atoms with van der Waals surface area (Å²) >= 11 is 0. The molecule has 1 aliphatic heterocycles. The maximum Gasteiger partial charge on any atom is 0.132 e. The van der Waals surface area contributed by atoms with Crippen molar-refractivity contribution in [2.75, 3.05) is 0 Å². The number of rotatable bonds is 1. The number of benzene rings is 1. The smallest absolute Gasteiger partial charge is 0.132 e. The first kappa shape index (κ1) is 13.4. The Bertz CT molecular complexity index is 560. The van der Waals surface area contributed by atoms with Gasteiger partial charge in [0.2, 0.25) is 0 Å². The number of nitrogens with one attached hydrogen (secondary N) is 2. The lowest BCUT2D eigenvalue weighted by atomic mass is 9.86. The second kappa shape index (κ2) is 4.56. The number of hydrogen-bond acceptors (Lipinski definition) is 4. The second-order valence-corrected chi connectivity index (χ2v) is 5.26. The molecule has 1 aliphatic rings. The minimum Gasteiger partial charge on any atom is -0.485 e. The van der Waals surface area contributed by atoms with Crippen molar-refractivity contribution < 1.29 is 9.84 Å². The molecule has 1 aromatic rings. The Hall–Kier alpha value is -2.06. The van der Waals surface area contributed by atoms with E-state index in [0.29, 0.717) is 16.9 Å². The Balaban J connectivity index is 2.52. The normalized spacial score (nSPS) is 23.7. The number of ether oxygens (including phenoxy) is 1. The van der Waals surface area contributed by atoms with Crippen molar-refractivity contribution in [1.29, 1.82) is 10.7 Å². The molecule has 5 heteroatoms. The number of nitrogens with zero attached hydrogens (tertiary/aromatic N) is 1. The van der Waals surface area contributed by atoms with Gasteiger partial charge in [-0.15, -0.1) is 0 Å². The molecule has 0 aliphatic carbocycles. The highest BCUT2D eigenvalue weighted by Gasteiger charge is 2.43. The zero-order chi connectivity index (χ0) is 14.2. The fraction of sp³-hybridized carbons (Fsp3) is 0.429. The molecule has 0 saturated heterocycles. The van der Waals surface area contributed by atoms with Crippen molar-refractivity contribution in [3.63, 3.8) is 0 Å². The van der Waals surface area contributed by atoms with Crippen LogP contribution in [0.3, 0.4) is 0 Å². The summed E-state index contributed by atoms with van der Waals surface area (Å²) in [6.45, 7) is 5.21. The molecule has 2 rings (SSSR count). The Kier molecular flexibility index (Phi) is 3.21. The van der Waals surface area contributed by atoms with Crippen LogP contribution < -0.4 is 10.1 Å². The molecule has 0 radical (unpaired) electrons. The van der Waals surface area contributed by atoms with Crippen molar-refractivity contribution in [3.8, 4) is 11.8 Å². The zero-order valence-electron chi connectivity index (χ0n) is 11.2. The average molecular weight is 259 g/mol. The Labute approximate surface area is 112 Å². The number of aliphatic hydroxyl groups excluding tert-OH is 1. The molecule has 0 amide bonds. The third-order valence-corrected chi connectivity index (χ3v) is 3.25. The predicted molar refractivity (Wildman–Crippen MR) is 71.1 cm³/mol. The van der Waals surface area contributed by atoms with Gasteiger partial charge >= 0.3 is 0 Å². The van der Waals surface area contributed by atoms with Gasteiger partial charge in [-0.1, -0.05) is 0 Å². The van der Waals surface area contributed by atoms with E-state index in [1.165, 1.54) is 0 Å². The molecule has 0 saturated carbocycles. The molecular formula is C14H17N3O2. The largest absolute Gasteiger partial charge is 0.485 e. The number of aliphatic hydroxyl groups is 1. The lowest BCUT2D eigenvalue weighted by Gasteiger charge is -2.42. The van der Waals surface area contributed by atoms with E-state index in [4.69, 9.17) is 15.4 Å². The highest BCUT2D eigenvalue weighted by atomic mass is 16.5. The molecule has 100 valence electrons. The van der Waals surface area contributed by atoms with Crippen LogP contribution in [0, 0.1) is 16.7 Å². The molecule has 0 spiro atoms. The summed E-state index contributed by atoms with van der Waals surface area (Å²) in [6.07, 6.45) is -0.811. The van der Waals surface area contributed by atoms with Crippen molar-refractivity contribution in [3.05, 3.63) is 29.3 Å². The van der Waals surface area contributed by atoms with Gasteiger partial charge in [0.15, 0.2) is 0 Å². The average Bonchev–Trinajstić information content (AvgIpc) is 2.34. The van der Waals surface area contributed by atoms with Crippen LogP contribution in [0.2, 0.25) is 0 Å². The minimum absolute atomic E-state index is 0.259. The fourth-order valence-corrected chi connectivity index (χ4v) is 2.26. The van der Waals surface area contributed by atoms with E-state index < -0.39 is 17.7 Å². The maximum absolute atomic E-state index is 10.4. The number of nitriles is 1. The van der Waals surface area contributed by atoms with E-state index in [1.807, 2.05) is 0 Å². The van der Waals surface area contributed by atoms with Gasteiger partial charge in [0.05, 0.1) is 23.5 Å². The predicted octanol–water partition coefficient (Wildman–Crippen LogP) is 1.72. The van der Waals surface area contributed by atoms with Gasteiger partial charge in [-0.3, -0.25) is 5.41 Å². The van der Waals surface area contributed by atoms with Crippen LogP contribution >= 0.6 is 0 Å². The summed E-state index contributed by atoms with van der Waals surface area (Å²) in [5.74, 6) is 0.892. The van der Waals surface area contributed by atoms with Crippen molar-refractivity contribution >= 4 is 5.84 Å². The van der Waals surface area contributed by atoms with Crippen LogP contribution in [0.5, 0.6) is 5.75 Å². The molecule has 2 atom stereocenters. The van der Waals surface area contributed by atoms with Crippen LogP contribution in [-0.2, 0) is 0 Å². The highest BCUT2D eigenvalue weighted by molar-refractivity contribution is 5.77. The second-order valence-electron chi connectivity index (χ2n) is 5.26. The third-order valence-electron chi connectivity index (χ3n) is 3.25.